The normalized spacial score (nSPS) is 13.5. The van der Waals surface area contributed by atoms with Gasteiger partial charge in [-0.3, -0.25) is 4.79 Å². The average Bonchev–Trinajstić information content (AvgIpc) is 3.10. The van der Waals surface area contributed by atoms with Crippen LogP contribution in [0.2, 0.25) is 0 Å². The topological polar surface area (TPSA) is 61.8 Å². The van der Waals surface area contributed by atoms with Crippen molar-refractivity contribution in [2.24, 2.45) is 0 Å². The molecule has 0 spiro atoms. The minimum Gasteiger partial charge on any atom is -0.494 e. The molecular weight excluding hydrogens is 590 g/mol. The Balaban J connectivity index is 1.55. The highest BCUT2D eigenvalue weighted by atomic mass is 19.3. The number of unbranched alkanes of at least 4 members (excludes halogenated alkanes) is 5. The number of halogens is 6. The molecule has 0 aromatic heterocycles. The molecule has 0 bridgehead atoms. The molecule has 1 aliphatic rings. The van der Waals surface area contributed by atoms with Crippen molar-refractivity contribution in [3.8, 4) is 16.9 Å². The van der Waals surface area contributed by atoms with Crippen LogP contribution in [0.1, 0.15) is 57.4 Å². The molecule has 0 N–H and O–H groups in total. The van der Waals surface area contributed by atoms with E-state index in [1.165, 1.54) is 12.1 Å². The van der Waals surface area contributed by atoms with Crippen LogP contribution in [0.25, 0.3) is 11.1 Å². The maximum absolute atomic E-state index is 14.9. The number of hydrogen-bond donors (Lipinski definition) is 0. The highest BCUT2D eigenvalue weighted by Crippen LogP contribution is 2.40. The monoisotopic (exact) mass is 622 g/mol. The fourth-order valence-electron chi connectivity index (χ4n) is 4.34. The van der Waals surface area contributed by atoms with Gasteiger partial charge in [-0.2, -0.15) is 8.78 Å². The number of rotatable bonds is 16. The van der Waals surface area contributed by atoms with Crippen LogP contribution in [-0.4, -0.2) is 25.0 Å². The third-order valence-electron chi connectivity index (χ3n) is 6.63. The molecule has 0 aliphatic heterocycles. The van der Waals surface area contributed by atoms with E-state index in [1.54, 1.807) is 12.1 Å². The van der Waals surface area contributed by atoms with Crippen molar-refractivity contribution in [1.29, 1.82) is 0 Å². The van der Waals surface area contributed by atoms with Gasteiger partial charge in [-0.15, -0.1) is 0 Å². The van der Waals surface area contributed by atoms with Crippen molar-refractivity contribution >= 4 is 11.8 Å². The Kier molecular flexibility index (Phi) is 12.4. The van der Waals surface area contributed by atoms with Crippen LogP contribution in [0.3, 0.4) is 0 Å². The van der Waals surface area contributed by atoms with E-state index >= 15 is 0 Å². The molecule has 236 valence electrons. The molecule has 2 aromatic rings. The van der Waals surface area contributed by atoms with Crippen LogP contribution in [0, 0.1) is 11.6 Å². The summed E-state index contributed by atoms with van der Waals surface area (Å²) in [5.74, 6) is -7.80. The number of esters is 1. The molecule has 0 radical (unpaired) electrons. The van der Waals surface area contributed by atoms with Crippen LogP contribution < -0.4 is 4.74 Å². The van der Waals surface area contributed by atoms with E-state index in [0.29, 0.717) is 42.7 Å². The molecule has 5 nitrogen and oxygen atoms in total. The zero-order valence-electron chi connectivity index (χ0n) is 24.1. The lowest BCUT2D eigenvalue weighted by atomic mass is 10.0. The van der Waals surface area contributed by atoms with E-state index < -0.39 is 64.5 Å². The van der Waals surface area contributed by atoms with Crippen LogP contribution in [0.4, 0.5) is 26.3 Å². The molecule has 0 atom stereocenters. The minimum atomic E-state index is -4.67. The number of carbonyl (C=O) groups excluding carboxylic acids is 2. The number of carbonyl (C=O) groups is 2. The van der Waals surface area contributed by atoms with E-state index in [1.807, 2.05) is 0 Å². The van der Waals surface area contributed by atoms with E-state index in [2.05, 4.69) is 11.3 Å². The molecular formula is C33H32F6O5. The van der Waals surface area contributed by atoms with Crippen LogP contribution in [0.5, 0.6) is 5.75 Å². The zero-order chi connectivity index (χ0) is 32.3. The first kappa shape index (κ1) is 34.2. The summed E-state index contributed by atoms with van der Waals surface area (Å²) in [6, 6.07) is 7.58. The molecule has 0 heterocycles. The Morgan fingerprint density at radius 3 is 2.02 bits per heavy atom. The number of benzene rings is 2. The standard InChI is InChI=1S/C33H32F6O5/c1-3-31(41)43-17-9-7-5-4-6-8-16-42-24-12-10-22(11-13-24)23-18-28(36)32(29(37)19-23)33(38,39)44-30-15-14-25(21(2)40)26(34)20-27(30)35/h3,10-15,18-19H,1,4-9,16-17,20H2,2H3. The Morgan fingerprint density at radius 2 is 1.43 bits per heavy atom. The van der Waals surface area contributed by atoms with Crippen molar-refractivity contribution in [2.45, 2.75) is 58.0 Å². The van der Waals surface area contributed by atoms with Crippen molar-refractivity contribution in [3.05, 3.63) is 101 Å². The third kappa shape index (κ3) is 9.62. The lowest BCUT2D eigenvalue weighted by Gasteiger charge is -2.20. The Hall–Kier alpha value is -4.28. The summed E-state index contributed by atoms with van der Waals surface area (Å²) in [5, 5.41) is 0. The fourth-order valence-corrected chi connectivity index (χ4v) is 4.34. The Labute approximate surface area is 251 Å². The van der Waals surface area contributed by atoms with Gasteiger partial charge >= 0.3 is 12.1 Å². The van der Waals surface area contributed by atoms with Gasteiger partial charge in [0.05, 0.1) is 19.6 Å². The Bertz CT molecular complexity index is 1420. The van der Waals surface area contributed by atoms with Gasteiger partial charge < -0.3 is 14.2 Å². The number of hydrogen-bond acceptors (Lipinski definition) is 5. The number of allylic oxidation sites excluding steroid dienone is 5. The maximum atomic E-state index is 14.9. The highest BCUT2D eigenvalue weighted by Gasteiger charge is 2.42. The maximum Gasteiger partial charge on any atom is 0.432 e. The molecule has 0 fully saturated rings. The summed E-state index contributed by atoms with van der Waals surface area (Å²) in [4.78, 5) is 22.4. The van der Waals surface area contributed by atoms with Crippen LogP contribution >= 0.6 is 0 Å². The summed E-state index contributed by atoms with van der Waals surface area (Å²) in [6.45, 7) is 5.16. The van der Waals surface area contributed by atoms with E-state index in [4.69, 9.17) is 9.47 Å². The van der Waals surface area contributed by atoms with E-state index in [0.717, 1.165) is 57.6 Å². The van der Waals surface area contributed by atoms with Crippen LogP contribution in [0.15, 0.2) is 84.2 Å². The van der Waals surface area contributed by atoms with E-state index in [9.17, 15) is 35.9 Å². The number of ether oxygens (including phenoxy) is 3. The lowest BCUT2D eigenvalue weighted by molar-refractivity contribution is -0.226. The Morgan fingerprint density at radius 1 is 0.841 bits per heavy atom. The third-order valence-corrected chi connectivity index (χ3v) is 6.63. The van der Waals surface area contributed by atoms with Crippen molar-refractivity contribution < 1.29 is 50.1 Å². The molecule has 0 saturated heterocycles. The second-order valence-electron chi connectivity index (χ2n) is 9.95. The molecule has 0 saturated carbocycles. The largest absolute Gasteiger partial charge is 0.494 e. The van der Waals surface area contributed by atoms with Gasteiger partial charge in [-0.1, -0.05) is 44.4 Å². The predicted octanol–water partition coefficient (Wildman–Crippen LogP) is 9.10. The first-order valence-electron chi connectivity index (χ1n) is 14.0. The van der Waals surface area contributed by atoms with Gasteiger partial charge in [-0.25, -0.2) is 22.4 Å². The molecule has 0 amide bonds. The summed E-state index contributed by atoms with van der Waals surface area (Å²) in [7, 11) is 0. The fraction of sp³-hybridized carbons (Fsp3) is 0.333. The van der Waals surface area contributed by atoms with Gasteiger partial charge in [-0.05, 0) is 67.3 Å². The molecule has 3 rings (SSSR count). The molecule has 0 unspecified atom stereocenters. The summed E-state index contributed by atoms with van der Waals surface area (Å²) < 4.78 is 103. The van der Waals surface area contributed by atoms with E-state index in [-0.39, 0.29) is 5.56 Å². The minimum absolute atomic E-state index is 0.0394. The molecule has 2 aromatic carbocycles. The number of ketones is 1. The molecule has 44 heavy (non-hydrogen) atoms. The average molecular weight is 623 g/mol. The second-order valence-corrected chi connectivity index (χ2v) is 9.95. The van der Waals surface area contributed by atoms with Gasteiger partial charge in [0, 0.05) is 11.6 Å². The summed E-state index contributed by atoms with van der Waals surface area (Å²) in [6.07, 6.45) is 2.16. The quantitative estimate of drug-likeness (QED) is 0.0809. The summed E-state index contributed by atoms with van der Waals surface area (Å²) >= 11 is 0. The zero-order valence-corrected chi connectivity index (χ0v) is 24.1. The van der Waals surface area contributed by atoms with Crippen molar-refractivity contribution in [1.82, 2.24) is 0 Å². The van der Waals surface area contributed by atoms with Gasteiger partial charge in [0.25, 0.3) is 0 Å². The SMILES string of the molecule is C=CC(=O)OCCCCCCCCOc1ccc(-c2cc(F)c(C(F)(F)OC3=C(F)CC(F)=C(C(C)=O)C=C3)c(F)c2)cc1. The van der Waals surface area contributed by atoms with Crippen molar-refractivity contribution in [3.63, 3.8) is 0 Å². The smallest absolute Gasteiger partial charge is 0.432 e. The van der Waals surface area contributed by atoms with Gasteiger partial charge in [0.2, 0.25) is 0 Å². The highest BCUT2D eigenvalue weighted by molar-refractivity contribution is 5.96. The predicted molar refractivity (Wildman–Crippen MR) is 152 cm³/mol. The molecule has 11 heteroatoms. The van der Waals surface area contributed by atoms with Gasteiger partial charge in [0.15, 0.2) is 11.5 Å². The van der Waals surface area contributed by atoms with Gasteiger partial charge in [0.1, 0.15) is 34.6 Å². The first-order chi connectivity index (χ1) is 20.9. The van der Waals surface area contributed by atoms with Crippen LogP contribution in [-0.2, 0) is 25.2 Å². The lowest BCUT2D eigenvalue weighted by Crippen LogP contribution is -2.22. The first-order valence-corrected chi connectivity index (χ1v) is 14.0. The summed E-state index contributed by atoms with van der Waals surface area (Å²) in [5.41, 5.74) is -2.00. The molecule has 1 aliphatic carbocycles. The number of Topliss-reactive ketones (excluding diaryl/α,β-unsaturated/α-hetero) is 1. The number of alkyl halides is 2. The second kappa shape index (κ2) is 16.0. The van der Waals surface area contributed by atoms with Crippen molar-refractivity contribution in [2.75, 3.05) is 13.2 Å².